The highest BCUT2D eigenvalue weighted by molar-refractivity contribution is 5.97. The molecule has 1 aromatic carbocycles. The number of nitrogen functional groups attached to an aromatic ring is 1. The van der Waals surface area contributed by atoms with Crippen LogP contribution in [0.5, 0.6) is 0 Å². The number of fused-ring (bicyclic) bond motifs is 1. The number of hydrogen-bond acceptors (Lipinski definition) is 10. The zero-order valence-electron chi connectivity index (χ0n) is 28.9. The number of aliphatic hydroxyl groups excluding tert-OH is 1. The number of benzene rings is 1. The van der Waals surface area contributed by atoms with Crippen LogP contribution in [0.25, 0.3) is 0 Å². The summed E-state index contributed by atoms with van der Waals surface area (Å²) in [6, 6.07) is 3.98. The fourth-order valence-corrected chi connectivity index (χ4v) is 6.00. The van der Waals surface area contributed by atoms with Gasteiger partial charge in [0.15, 0.2) is 0 Å². The minimum Gasteiger partial charge on any atom is -0.394 e. The molecule has 0 radical (unpaired) electrons. The predicted octanol–water partition coefficient (Wildman–Crippen LogP) is -0.345. The average molecular weight is 694 g/mol. The molecule has 6 amide bonds. The van der Waals surface area contributed by atoms with E-state index in [1.807, 2.05) is 27.7 Å². The lowest BCUT2D eigenvalue weighted by atomic mass is 10.00. The van der Waals surface area contributed by atoms with Crippen molar-refractivity contribution in [1.82, 2.24) is 41.5 Å². The number of nitrogens with one attached hydrogen (secondary N) is 5. The van der Waals surface area contributed by atoms with E-state index in [0.717, 1.165) is 4.90 Å². The van der Waals surface area contributed by atoms with E-state index in [2.05, 4.69) is 36.6 Å². The second-order valence-electron chi connectivity index (χ2n) is 13.5. The first kappa shape index (κ1) is 37.7. The molecule has 0 saturated carbocycles. The molecule has 16 heteroatoms. The van der Waals surface area contributed by atoms with Gasteiger partial charge in [-0.05, 0) is 43.2 Å². The lowest BCUT2D eigenvalue weighted by Gasteiger charge is -2.30. The van der Waals surface area contributed by atoms with Gasteiger partial charge in [0.1, 0.15) is 29.9 Å². The van der Waals surface area contributed by atoms with Crippen molar-refractivity contribution in [1.29, 1.82) is 0 Å². The van der Waals surface area contributed by atoms with E-state index in [1.165, 1.54) is 13.0 Å². The minimum absolute atomic E-state index is 0.00880. The van der Waals surface area contributed by atoms with Gasteiger partial charge in [-0.3, -0.25) is 28.8 Å². The maximum atomic E-state index is 13.9. The molecule has 2 aliphatic heterocycles. The highest BCUT2D eigenvalue weighted by Crippen LogP contribution is 2.22. The fourth-order valence-electron chi connectivity index (χ4n) is 6.00. The number of anilines is 1. The molecule has 1 aromatic heterocycles. The Hall–Kier alpha value is -5.12. The highest BCUT2D eigenvalue weighted by Gasteiger charge is 2.44. The van der Waals surface area contributed by atoms with Gasteiger partial charge < -0.3 is 42.3 Å². The number of rotatable bonds is 7. The Bertz CT molecular complexity index is 1590. The summed E-state index contributed by atoms with van der Waals surface area (Å²) in [6.07, 6.45) is -0.0344. The maximum Gasteiger partial charge on any atom is 0.270 e. The summed E-state index contributed by atoms with van der Waals surface area (Å²) >= 11 is 0. The van der Waals surface area contributed by atoms with Crippen molar-refractivity contribution in [3.05, 3.63) is 53.3 Å². The van der Waals surface area contributed by atoms with E-state index < -0.39 is 78.3 Å². The number of aliphatic hydroxyl groups is 1. The van der Waals surface area contributed by atoms with Gasteiger partial charge in [-0.15, -0.1) is 0 Å². The van der Waals surface area contributed by atoms with Gasteiger partial charge in [0, 0.05) is 18.3 Å². The number of carbonyl (C=O) groups is 6. The molecule has 0 spiro atoms. The summed E-state index contributed by atoms with van der Waals surface area (Å²) in [4.78, 5) is 90.6. The third-order valence-electron chi connectivity index (χ3n) is 8.63. The van der Waals surface area contributed by atoms with E-state index in [9.17, 15) is 33.9 Å². The molecule has 6 atom stereocenters. The molecule has 2 fully saturated rings. The van der Waals surface area contributed by atoms with Crippen LogP contribution in [-0.2, 0) is 24.0 Å². The lowest BCUT2D eigenvalue weighted by Crippen LogP contribution is -2.59. The van der Waals surface area contributed by atoms with Crippen molar-refractivity contribution < 1.29 is 33.9 Å². The quantitative estimate of drug-likeness (QED) is 0.199. The van der Waals surface area contributed by atoms with E-state index in [1.54, 1.807) is 30.3 Å². The maximum absolute atomic E-state index is 13.9. The summed E-state index contributed by atoms with van der Waals surface area (Å²) < 4.78 is 0. The molecule has 2 saturated heterocycles. The Morgan fingerprint density at radius 1 is 0.960 bits per heavy atom. The SMILES string of the molecule is CC(C)C[C@@H]1NC(=O)C[C@@H](c2ccccc2)NC(=O)[C@H](C)NC(=O)[C@@H]2C[C@H](NC(=O)c3cc(C(C)C)nc(N)n3)CN2C(=O)[C@H](CO)NC1=O. The zero-order valence-corrected chi connectivity index (χ0v) is 28.9. The van der Waals surface area contributed by atoms with E-state index in [4.69, 9.17) is 5.73 Å². The topological polar surface area (TPSA) is 238 Å². The molecular weight excluding hydrogens is 646 g/mol. The molecule has 16 nitrogen and oxygen atoms in total. The van der Waals surface area contributed by atoms with Crippen LogP contribution in [0.3, 0.4) is 0 Å². The summed E-state index contributed by atoms with van der Waals surface area (Å²) in [5.41, 5.74) is 7.04. The third kappa shape index (κ3) is 9.52. The van der Waals surface area contributed by atoms with Gasteiger partial charge in [-0.25, -0.2) is 9.97 Å². The number of nitrogens with zero attached hydrogens (tertiary/aromatic N) is 3. The van der Waals surface area contributed by atoms with Crippen molar-refractivity contribution in [2.45, 2.75) is 96.1 Å². The second kappa shape index (κ2) is 16.5. The van der Waals surface area contributed by atoms with Crippen LogP contribution < -0.4 is 32.3 Å². The molecule has 2 aliphatic rings. The summed E-state index contributed by atoms with van der Waals surface area (Å²) in [5.74, 6) is -4.04. The molecule has 8 N–H and O–H groups in total. The molecule has 3 heterocycles. The average Bonchev–Trinajstić information content (AvgIpc) is 3.49. The van der Waals surface area contributed by atoms with Crippen LogP contribution in [0, 0.1) is 5.92 Å². The smallest absolute Gasteiger partial charge is 0.270 e. The molecule has 270 valence electrons. The standard InChI is InChI=1S/C34H47N9O7/c1-17(2)11-24-31(48)40-26(16-44)33(50)43-15-21(37-30(47)25-13-22(18(3)4)41-34(35)42-25)12-27(43)32(49)36-19(5)29(46)39-23(14-28(45)38-24)20-9-7-6-8-10-20/h6-10,13,17-19,21,23-24,26-27,44H,11-12,14-16H2,1-5H3,(H,36,49)(H,37,47)(H,38,45)(H,39,46)(H,40,48)(H2,35,41,42)/t19-,21-,23-,24-,26-,27-/m0/s1. The Balaban J connectivity index is 1.66. The molecule has 0 unspecified atom stereocenters. The molecular formula is C34H47N9O7. The molecule has 50 heavy (non-hydrogen) atoms. The van der Waals surface area contributed by atoms with Crippen molar-refractivity contribution in [3.8, 4) is 0 Å². The first-order valence-electron chi connectivity index (χ1n) is 16.8. The van der Waals surface area contributed by atoms with Crippen LogP contribution in [0.4, 0.5) is 5.95 Å². The molecule has 4 rings (SSSR count). The largest absolute Gasteiger partial charge is 0.394 e. The van der Waals surface area contributed by atoms with E-state index in [-0.39, 0.29) is 49.3 Å². The Labute approximate surface area is 290 Å². The van der Waals surface area contributed by atoms with Crippen LogP contribution in [0.2, 0.25) is 0 Å². The Morgan fingerprint density at radius 2 is 1.66 bits per heavy atom. The summed E-state index contributed by atoms with van der Waals surface area (Å²) in [6.45, 7) is 8.01. The second-order valence-corrected chi connectivity index (χ2v) is 13.5. The van der Waals surface area contributed by atoms with Gasteiger partial charge in [0.2, 0.25) is 35.5 Å². The van der Waals surface area contributed by atoms with Gasteiger partial charge in [-0.1, -0.05) is 58.0 Å². The predicted molar refractivity (Wildman–Crippen MR) is 182 cm³/mol. The Kier molecular flexibility index (Phi) is 12.5. The van der Waals surface area contributed by atoms with Crippen molar-refractivity contribution >= 4 is 41.4 Å². The molecule has 0 bridgehead atoms. The third-order valence-corrected chi connectivity index (χ3v) is 8.63. The Morgan fingerprint density at radius 3 is 2.30 bits per heavy atom. The number of hydrogen-bond donors (Lipinski definition) is 7. The highest BCUT2D eigenvalue weighted by atomic mass is 16.3. The number of amides is 6. The van der Waals surface area contributed by atoms with Gasteiger partial charge in [-0.2, -0.15) is 0 Å². The number of carbonyl (C=O) groups excluding carboxylic acids is 6. The fraction of sp³-hybridized carbons (Fsp3) is 0.529. The van der Waals surface area contributed by atoms with Gasteiger partial charge in [0.25, 0.3) is 5.91 Å². The van der Waals surface area contributed by atoms with Crippen LogP contribution >= 0.6 is 0 Å². The first-order valence-corrected chi connectivity index (χ1v) is 16.8. The summed E-state index contributed by atoms with van der Waals surface area (Å²) in [5, 5.41) is 23.8. The van der Waals surface area contributed by atoms with Crippen molar-refractivity contribution in [2.75, 3.05) is 18.9 Å². The summed E-state index contributed by atoms with van der Waals surface area (Å²) in [7, 11) is 0. The molecule has 0 aliphatic carbocycles. The first-order chi connectivity index (χ1) is 23.7. The lowest BCUT2D eigenvalue weighted by molar-refractivity contribution is -0.143. The number of nitrogens with two attached hydrogens (primary N) is 1. The van der Waals surface area contributed by atoms with E-state index >= 15 is 0 Å². The van der Waals surface area contributed by atoms with Crippen LogP contribution in [-0.4, -0.2) is 98.8 Å². The van der Waals surface area contributed by atoms with Gasteiger partial charge >= 0.3 is 0 Å². The van der Waals surface area contributed by atoms with Crippen LogP contribution in [0.15, 0.2) is 36.4 Å². The zero-order chi connectivity index (χ0) is 36.7. The monoisotopic (exact) mass is 693 g/mol. The van der Waals surface area contributed by atoms with Crippen molar-refractivity contribution in [3.63, 3.8) is 0 Å². The number of aromatic nitrogens is 2. The minimum atomic E-state index is -1.47. The van der Waals surface area contributed by atoms with E-state index in [0.29, 0.717) is 11.3 Å². The normalized spacial score (nSPS) is 25.4. The molecule has 2 aromatic rings. The van der Waals surface area contributed by atoms with Crippen LogP contribution in [0.1, 0.15) is 87.6 Å². The van der Waals surface area contributed by atoms with Crippen molar-refractivity contribution in [2.24, 2.45) is 5.92 Å². The van der Waals surface area contributed by atoms with Gasteiger partial charge in [0.05, 0.1) is 19.1 Å².